The van der Waals surface area contributed by atoms with Gasteiger partial charge in [-0.25, -0.2) is 4.79 Å². The summed E-state index contributed by atoms with van der Waals surface area (Å²) in [5, 5.41) is 11.8. The summed E-state index contributed by atoms with van der Waals surface area (Å²) in [5.74, 6) is 0. The Hall–Kier alpha value is -2.87. The number of carbonyl (C=O) groups is 1. The summed E-state index contributed by atoms with van der Waals surface area (Å²) in [5.41, 5.74) is 2.44. The molecule has 1 atom stereocenters. The van der Waals surface area contributed by atoms with Crippen LogP contribution in [0.15, 0.2) is 48.7 Å². The van der Waals surface area contributed by atoms with Gasteiger partial charge in [-0.3, -0.25) is 4.98 Å². The van der Waals surface area contributed by atoms with Gasteiger partial charge in [0.1, 0.15) is 0 Å². The second kappa shape index (κ2) is 7.95. The molecule has 1 aromatic carbocycles. The third kappa shape index (κ3) is 4.30. The molecule has 0 saturated heterocycles. The fourth-order valence-electron chi connectivity index (χ4n) is 2.38. The number of urea groups is 1. The zero-order chi connectivity index (χ0) is 16.7. The topological polar surface area (TPSA) is 69.0 Å². The quantitative estimate of drug-likeness (QED) is 0.922. The number of nitrogens with zero attached hydrogens (tertiary/aromatic N) is 3. The van der Waals surface area contributed by atoms with Crippen molar-refractivity contribution in [2.75, 3.05) is 6.54 Å². The van der Waals surface area contributed by atoms with Gasteiger partial charge in [0.05, 0.1) is 29.9 Å². The van der Waals surface area contributed by atoms with E-state index in [1.807, 2.05) is 44.2 Å². The van der Waals surface area contributed by atoms with E-state index in [9.17, 15) is 4.79 Å². The van der Waals surface area contributed by atoms with E-state index in [0.717, 1.165) is 11.3 Å². The number of nitriles is 1. The monoisotopic (exact) mass is 308 g/mol. The van der Waals surface area contributed by atoms with Gasteiger partial charge in [0, 0.05) is 12.7 Å². The Labute approximate surface area is 136 Å². The van der Waals surface area contributed by atoms with Crippen LogP contribution in [0.25, 0.3) is 0 Å². The van der Waals surface area contributed by atoms with Crippen LogP contribution in [0.1, 0.15) is 36.7 Å². The summed E-state index contributed by atoms with van der Waals surface area (Å²) in [6.45, 7) is 4.91. The van der Waals surface area contributed by atoms with Crippen molar-refractivity contribution in [3.05, 3.63) is 65.5 Å². The van der Waals surface area contributed by atoms with Gasteiger partial charge >= 0.3 is 6.03 Å². The van der Waals surface area contributed by atoms with Gasteiger partial charge in [-0.15, -0.1) is 0 Å². The molecule has 5 heteroatoms. The number of amides is 2. The Balaban J connectivity index is 2.02. The summed E-state index contributed by atoms with van der Waals surface area (Å²) in [7, 11) is 0. The van der Waals surface area contributed by atoms with Crippen LogP contribution in [-0.4, -0.2) is 22.5 Å². The number of rotatable bonds is 5. The molecule has 1 N–H and O–H groups in total. The maximum absolute atomic E-state index is 12.4. The minimum atomic E-state index is -0.130. The third-order valence-electron chi connectivity index (χ3n) is 3.74. The molecule has 0 radical (unpaired) electrons. The number of hydrogen-bond donors (Lipinski definition) is 1. The van der Waals surface area contributed by atoms with Crippen molar-refractivity contribution >= 4 is 6.03 Å². The molecule has 0 aliphatic heterocycles. The first-order valence-electron chi connectivity index (χ1n) is 7.60. The number of hydrogen-bond acceptors (Lipinski definition) is 3. The van der Waals surface area contributed by atoms with Crippen molar-refractivity contribution in [1.29, 1.82) is 5.26 Å². The van der Waals surface area contributed by atoms with Crippen LogP contribution in [0.3, 0.4) is 0 Å². The molecule has 5 nitrogen and oxygen atoms in total. The summed E-state index contributed by atoms with van der Waals surface area (Å²) in [4.78, 5) is 18.4. The molecule has 1 aromatic heterocycles. The first-order valence-corrected chi connectivity index (χ1v) is 7.60. The van der Waals surface area contributed by atoms with Gasteiger partial charge < -0.3 is 10.2 Å². The molecular weight excluding hydrogens is 288 g/mol. The van der Waals surface area contributed by atoms with Crippen molar-refractivity contribution < 1.29 is 4.79 Å². The largest absolute Gasteiger partial charge is 0.332 e. The van der Waals surface area contributed by atoms with Gasteiger partial charge in [-0.2, -0.15) is 5.26 Å². The Kier molecular flexibility index (Phi) is 5.70. The molecule has 2 aromatic rings. The van der Waals surface area contributed by atoms with E-state index in [2.05, 4.69) is 16.4 Å². The number of nitrogens with one attached hydrogen (secondary N) is 1. The van der Waals surface area contributed by atoms with Gasteiger partial charge in [0.15, 0.2) is 0 Å². The molecule has 0 saturated carbocycles. The molecule has 1 unspecified atom stereocenters. The van der Waals surface area contributed by atoms with Crippen LogP contribution in [0.4, 0.5) is 4.79 Å². The number of aromatic nitrogens is 1. The lowest BCUT2D eigenvalue weighted by Crippen LogP contribution is -2.41. The van der Waals surface area contributed by atoms with E-state index < -0.39 is 0 Å². The van der Waals surface area contributed by atoms with E-state index in [0.29, 0.717) is 18.7 Å². The SMILES string of the molecule is CCN(C(=O)NCc1ccccn1)C(C)c1ccc(C#N)cc1. The lowest BCUT2D eigenvalue weighted by Gasteiger charge is -2.28. The van der Waals surface area contributed by atoms with Crippen LogP contribution in [0.2, 0.25) is 0 Å². The second-order valence-corrected chi connectivity index (χ2v) is 5.18. The fraction of sp³-hybridized carbons (Fsp3) is 0.278. The Morgan fingerprint density at radius 1 is 1.30 bits per heavy atom. The number of benzene rings is 1. The second-order valence-electron chi connectivity index (χ2n) is 5.18. The first kappa shape index (κ1) is 16.5. The van der Waals surface area contributed by atoms with E-state index >= 15 is 0 Å². The minimum absolute atomic E-state index is 0.0727. The zero-order valence-electron chi connectivity index (χ0n) is 13.4. The van der Waals surface area contributed by atoms with Crippen LogP contribution in [0.5, 0.6) is 0 Å². The molecule has 0 aliphatic carbocycles. The molecule has 0 spiro atoms. The predicted molar refractivity (Wildman–Crippen MR) is 88.4 cm³/mol. The summed E-state index contributed by atoms with van der Waals surface area (Å²) in [6, 6.07) is 14.8. The average Bonchev–Trinajstić information content (AvgIpc) is 2.61. The molecule has 0 aliphatic rings. The maximum atomic E-state index is 12.4. The van der Waals surface area contributed by atoms with Crippen LogP contribution in [0, 0.1) is 11.3 Å². The van der Waals surface area contributed by atoms with Crippen molar-refractivity contribution in [3.63, 3.8) is 0 Å². The van der Waals surface area contributed by atoms with Crippen LogP contribution < -0.4 is 5.32 Å². The van der Waals surface area contributed by atoms with Crippen LogP contribution in [-0.2, 0) is 6.54 Å². The summed E-state index contributed by atoms with van der Waals surface area (Å²) < 4.78 is 0. The summed E-state index contributed by atoms with van der Waals surface area (Å²) in [6.07, 6.45) is 1.71. The van der Waals surface area contributed by atoms with Gasteiger partial charge in [0.25, 0.3) is 0 Å². The highest BCUT2D eigenvalue weighted by atomic mass is 16.2. The summed E-state index contributed by atoms with van der Waals surface area (Å²) >= 11 is 0. The molecule has 0 fully saturated rings. The van der Waals surface area contributed by atoms with Crippen molar-refractivity contribution in [1.82, 2.24) is 15.2 Å². The van der Waals surface area contributed by atoms with E-state index in [1.54, 1.807) is 23.2 Å². The predicted octanol–water partition coefficient (Wildman–Crippen LogP) is 3.25. The zero-order valence-corrected chi connectivity index (χ0v) is 13.4. The van der Waals surface area contributed by atoms with Crippen molar-refractivity contribution in [3.8, 4) is 6.07 Å². The number of pyridine rings is 1. The first-order chi connectivity index (χ1) is 11.2. The van der Waals surface area contributed by atoms with Gasteiger partial charge in [0.2, 0.25) is 0 Å². The van der Waals surface area contributed by atoms with Crippen LogP contribution >= 0.6 is 0 Å². The van der Waals surface area contributed by atoms with E-state index in [1.165, 1.54) is 0 Å². The van der Waals surface area contributed by atoms with Crippen molar-refractivity contribution in [2.45, 2.75) is 26.4 Å². The molecular formula is C18H20N4O. The maximum Gasteiger partial charge on any atom is 0.318 e. The average molecular weight is 308 g/mol. The highest BCUT2D eigenvalue weighted by Crippen LogP contribution is 2.20. The van der Waals surface area contributed by atoms with E-state index in [4.69, 9.17) is 5.26 Å². The molecule has 2 rings (SSSR count). The molecule has 0 bridgehead atoms. The smallest absolute Gasteiger partial charge is 0.318 e. The lowest BCUT2D eigenvalue weighted by atomic mass is 10.1. The standard InChI is InChI=1S/C18H20N4O/c1-3-22(14(2)16-9-7-15(12-19)8-10-16)18(23)21-13-17-6-4-5-11-20-17/h4-11,14H,3,13H2,1-2H3,(H,21,23). The molecule has 1 heterocycles. The fourth-order valence-corrected chi connectivity index (χ4v) is 2.38. The highest BCUT2D eigenvalue weighted by Gasteiger charge is 2.19. The highest BCUT2D eigenvalue weighted by molar-refractivity contribution is 5.74. The Morgan fingerprint density at radius 3 is 2.61 bits per heavy atom. The molecule has 118 valence electrons. The normalized spacial score (nSPS) is 11.3. The van der Waals surface area contributed by atoms with E-state index in [-0.39, 0.29) is 12.1 Å². The molecule has 23 heavy (non-hydrogen) atoms. The van der Waals surface area contributed by atoms with Gasteiger partial charge in [-0.05, 0) is 43.7 Å². The Morgan fingerprint density at radius 2 is 2.04 bits per heavy atom. The van der Waals surface area contributed by atoms with Gasteiger partial charge in [-0.1, -0.05) is 18.2 Å². The Bertz CT molecular complexity index is 676. The lowest BCUT2D eigenvalue weighted by molar-refractivity contribution is 0.182. The number of carbonyl (C=O) groups excluding carboxylic acids is 1. The third-order valence-corrected chi connectivity index (χ3v) is 3.74. The minimum Gasteiger partial charge on any atom is -0.332 e. The molecule has 2 amide bonds. The van der Waals surface area contributed by atoms with Crippen molar-refractivity contribution in [2.24, 2.45) is 0 Å².